The number of rotatable bonds is 5. The first-order valence-corrected chi connectivity index (χ1v) is 8.56. The summed E-state index contributed by atoms with van der Waals surface area (Å²) in [6.07, 6.45) is 4.97. The van der Waals surface area contributed by atoms with Gasteiger partial charge in [0.1, 0.15) is 11.3 Å². The summed E-state index contributed by atoms with van der Waals surface area (Å²) in [5.41, 5.74) is 2.81. The number of pyridine rings is 1. The van der Waals surface area contributed by atoms with Gasteiger partial charge in [0.05, 0.1) is 6.20 Å². The van der Waals surface area contributed by atoms with Crippen molar-refractivity contribution in [1.29, 1.82) is 0 Å². The molecule has 3 rings (SSSR count). The van der Waals surface area contributed by atoms with E-state index in [9.17, 15) is 4.79 Å². The van der Waals surface area contributed by atoms with Gasteiger partial charge < -0.3 is 9.84 Å². The van der Waals surface area contributed by atoms with Crippen molar-refractivity contribution in [2.75, 3.05) is 0 Å². The molecule has 27 heavy (non-hydrogen) atoms. The van der Waals surface area contributed by atoms with Gasteiger partial charge in [0, 0.05) is 24.4 Å². The molecule has 0 fully saturated rings. The Morgan fingerprint density at radius 2 is 2.04 bits per heavy atom. The largest absolute Gasteiger partial charge is 0.339 e. The highest BCUT2D eigenvalue weighted by Gasteiger charge is 2.14. The third-order valence-corrected chi connectivity index (χ3v) is 3.49. The SMILES string of the molecule is C=C(C)/C(=C\C(=C)c1noc(C)n1)NC(=O)c1cnc2ccccn12.CC. The van der Waals surface area contributed by atoms with Gasteiger partial charge in [0.2, 0.25) is 11.7 Å². The Hall–Kier alpha value is -3.48. The minimum absolute atomic E-state index is 0.301. The lowest BCUT2D eigenvalue weighted by Crippen LogP contribution is -2.24. The van der Waals surface area contributed by atoms with Gasteiger partial charge in [-0.05, 0) is 30.7 Å². The molecule has 3 heterocycles. The number of hydrogen-bond donors (Lipinski definition) is 1. The molecule has 3 aromatic heterocycles. The second kappa shape index (κ2) is 8.75. The van der Waals surface area contributed by atoms with E-state index in [-0.39, 0.29) is 5.91 Å². The Balaban J connectivity index is 0.00000126. The van der Waals surface area contributed by atoms with E-state index in [1.165, 1.54) is 6.20 Å². The van der Waals surface area contributed by atoms with E-state index >= 15 is 0 Å². The number of carbonyl (C=O) groups is 1. The van der Waals surface area contributed by atoms with Gasteiger partial charge in [-0.3, -0.25) is 9.20 Å². The predicted octanol–water partition coefficient (Wildman–Crippen LogP) is 3.96. The molecule has 7 nitrogen and oxygen atoms in total. The molecule has 0 unspecified atom stereocenters. The lowest BCUT2D eigenvalue weighted by Gasteiger charge is -2.10. The van der Waals surface area contributed by atoms with Crippen molar-refractivity contribution >= 4 is 17.1 Å². The molecule has 0 saturated heterocycles. The molecule has 0 bridgehead atoms. The van der Waals surface area contributed by atoms with Crippen molar-refractivity contribution in [1.82, 2.24) is 24.8 Å². The maximum Gasteiger partial charge on any atom is 0.274 e. The molecule has 0 aliphatic heterocycles. The fraction of sp³-hybridized carbons (Fsp3) is 0.200. The number of nitrogens with one attached hydrogen (secondary N) is 1. The van der Waals surface area contributed by atoms with Gasteiger partial charge >= 0.3 is 0 Å². The molecule has 3 aromatic rings. The molecule has 1 N–H and O–H groups in total. The fourth-order valence-corrected chi connectivity index (χ4v) is 2.22. The van der Waals surface area contributed by atoms with Crippen molar-refractivity contribution in [3.8, 4) is 0 Å². The number of aryl methyl sites for hydroxylation is 1. The number of aromatic nitrogens is 4. The summed E-state index contributed by atoms with van der Waals surface area (Å²) in [5, 5.41) is 6.64. The van der Waals surface area contributed by atoms with Crippen molar-refractivity contribution in [2.45, 2.75) is 27.7 Å². The highest BCUT2D eigenvalue weighted by atomic mass is 16.5. The van der Waals surface area contributed by atoms with Gasteiger partial charge in [-0.15, -0.1) is 0 Å². The summed E-state index contributed by atoms with van der Waals surface area (Å²) < 4.78 is 6.65. The maximum atomic E-state index is 12.6. The predicted molar refractivity (Wildman–Crippen MR) is 105 cm³/mol. The molecule has 0 saturated carbocycles. The summed E-state index contributed by atoms with van der Waals surface area (Å²) in [7, 11) is 0. The van der Waals surface area contributed by atoms with E-state index in [2.05, 4.69) is 33.6 Å². The Kier molecular flexibility index (Phi) is 6.43. The van der Waals surface area contributed by atoms with Crippen LogP contribution in [0, 0.1) is 6.92 Å². The lowest BCUT2D eigenvalue weighted by atomic mass is 10.1. The first kappa shape index (κ1) is 19.8. The molecule has 1 amide bonds. The van der Waals surface area contributed by atoms with E-state index < -0.39 is 0 Å². The molecular formula is C20H23N5O2. The normalized spacial score (nSPS) is 10.9. The second-order valence-electron chi connectivity index (χ2n) is 5.53. The Labute approximate surface area is 158 Å². The van der Waals surface area contributed by atoms with Gasteiger partial charge in [-0.2, -0.15) is 4.98 Å². The van der Waals surface area contributed by atoms with Crippen LogP contribution in [-0.4, -0.2) is 25.4 Å². The fourth-order valence-electron chi connectivity index (χ4n) is 2.22. The first-order chi connectivity index (χ1) is 13.0. The minimum Gasteiger partial charge on any atom is -0.339 e. The number of carbonyl (C=O) groups excluding carboxylic acids is 1. The number of allylic oxidation sites excluding steroid dienone is 3. The van der Waals surface area contributed by atoms with Gasteiger partial charge in [-0.25, -0.2) is 4.98 Å². The van der Waals surface area contributed by atoms with Crippen LogP contribution in [0.2, 0.25) is 0 Å². The van der Waals surface area contributed by atoms with E-state index in [1.54, 1.807) is 30.5 Å². The van der Waals surface area contributed by atoms with Crippen molar-refractivity contribution in [2.24, 2.45) is 0 Å². The number of hydrogen-bond acceptors (Lipinski definition) is 5. The third-order valence-electron chi connectivity index (χ3n) is 3.49. The van der Waals surface area contributed by atoms with Crippen LogP contribution in [0.5, 0.6) is 0 Å². The number of fused-ring (bicyclic) bond motifs is 1. The minimum atomic E-state index is -0.301. The highest BCUT2D eigenvalue weighted by Crippen LogP contribution is 2.15. The molecule has 0 radical (unpaired) electrons. The summed E-state index contributed by atoms with van der Waals surface area (Å²) in [5.74, 6) is 0.501. The number of amides is 1. The van der Waals surface area contributed by atoms with E-state index in [4.69, 9.17) is 4.52 Å². The van der Waals surface area contributed by atoms with Crippen LogP contribution in [0.25, 0.3) is 11.2 Å². The zero-order chi connectivity index (χ0) is 20.0. The first-order valence-electron chi connectivity index (χ1n) is 8.56. The smallest absolute Gasteiger partial charge is 0.274 e. The molecule has 0 aromatic carbocycles. The molecule has 0 aliphatic rings. The van der Waals surface area contributed by atoms with Crippen molar-refractivity contribution < 1.29 is 9.32 Å². The Bertz CT molecular complexity index is 1010. The summed E-state index contributed by atoms with van der Waals surface area (Å²) >= 11 is 0. The van der Waals surface area contributed by atoms with Crippen molar-refractivity contribution in [3.63, 3.8) is 0 Å². The molecule has 0 spiro atoms. The lowest BCUT2D eigenvalue weighted by molar-refractivity contribution is 0.0961. The highest BCUT2D eigenvalue weighted by molar-refractivity contribution is 5.95. The van der Waals surface area contributed by atoms with Crippen LogP contribution < -0.4 is 5.32 Å². The zero-order valence-electron chi connectivity index (χ0n) is 16.0. The topological polar surface area (TPSA) is 85.3 Å². The second-order valence-corrected chi connectivity index (χ2v) is 5.53. The molecule has 0 aliphatic carbocycles. The van der Waals surface area contributed by atoms with Crippen LogP contribution in [0.4, 0.5) is 0 Å². The quantitative estimate of drug-likeness (QED) is 0.692. The van der Waals surface area contributed by atoms with Crippen LogP contribution in [0.15, 0.2) is 65.6 Å². The molecular weight excluding hydrogens is 342 g/mol. The van der Waals surface area contributed by atoms with Crippen LogP contribution in [0.1, 0.15) is 43.0 Å². The summed E-state index contributed by atoms with van der Waals surface area (Å²) in [4.78, 5) is 21.0. The van der Waals surface area contributed by atoms with Crippen LogP contribution in [0.3, 0.4) is 0 Å². The van der Waals surface area contributed by atoms with E-state index in [0.29, 0.717) is 39.9 Å². The standard InChI is InChI=1S/C18H17N5O2.C2H6/c1-11(2)14(9-12(3)17-20-13(4)25-22-17)21-18(24)15-10-19-16-7-5-6-8-23(15)16;1-2/h5-10H,1,3H2,2,4H3,(H,21,24);1-2H3/b14-9+;. The number of imidazole rings is 1. The average Bonchev–Trinajstić information content (AvgIpc) is 3.29. The average molecular weight is 365 g/mol. The molecule has 0 atom stereocenters. The van der Waals surface area contributed by atoms with Crippen LogP contribution >= 0.6 is 0 Å². The third kappa shape index (κ3) is 4.58. The number of nitrogens with zero attached hydrogens (tertiary/aromatic N) is 4. The maximum absolute atomic E-state index is 12.6. The summed E-state index contributed by atoms with van der Waals surface area (Å²) in [6, 6.07) is 5.52. The summed E-state index contributed by atoms with van der Waals surface area (Å²) in [6.45, 7) is 15.3. The molecule has 140 valence electrons. The zero-order valence-corrected chi connectivity index (χ0v) is 16.0. The Morgan fingerprint density at radius 3 is 2.67 bits per heavy atom. The van der Waals surface area contributed by atoms with E-state index in [1.807, 2.05) is 32.0 Å². The Morgan fingerprint density at radius 1 is 1.30 bits per heavy atom. The molecule has 7 heteroatoms. The van der Waals surface area contributed by atoms with Gasteiger partial charge in [-0.1, -0.05) is 38.2 Å². The monoisotopic (exact) mass is 365 g/mol. The van der Waals surface area contributed by atoms with Crippen LogP contribution in [-0.2, 0) is 0 Å². The van der Waals surface area contributed by atoms with Crippen molar-refractivity contribution in [3.05, 3.63) is 78.5 Å². The van der Waals surface area contributed by atoms with E-state index in [0.717, 1.165) is 0 Å². The van der Waals surface area contributed by atoms with Gasteiger partial charge in [0.25, 0.3) is 5.91 Å². The van der Waals surface area contributed by atoms with Gasteiger partial charge in [0.15, 0.2) is 0 Å².